The summed E-state index contributed by atoms with van der Waals surface area (Å²) >= 11 is 0. The van der Waals surface area contributed by atoms with Crippen LogP contribution in [0.5, 0.6) is 0 Å². The van der Waals surface area contributed by atoms with E-state index < -0.39 is 23.6 Å². The van der Waals surface area contributed by atoms with Crippen LogP contribution in [-0.2, 0) is 16.0 Å². The number of carbonyl (C=O) groups is 2. The summed E-state index contributed by atoms with van der Waals surface area (Å²) in [4.78, 5) is 31.1. The summed E-state index contributed by atoms with van der Waals surface area (Å²) in [5.41, 5.74) is 1.10. The molecule has 32 heavy (non-hydrogen) atoms. The molecule has 4 N–H and O–H groups in total. The van der Waals surface area contributed by atoms with Crippen LogP contribution >= 0.6 is 0 Å². The van der Waals surface area contributed by atoms with E-state index in [1.165, 1.54) is 12.1 Å². The van der Waals surface area contributed by atoms with Crippen molar-refractivity contribution in [3.05, 3.63) is 35.8 Å². The first kappa shape index (κ1) is 24.2. The van der Waals surface area contributed by atoms with Crippen LogP contribution in [0.4, 0.5) is 4.39 Å². The lowest BCUT2D eigenvalue weighted by Crippen LogP contribution is -2.59. The number of nitrogens with one attached hydrogen (secondary N) is 3. The van der Waals surface area contributed by atoms with Crippen molar-refractivity contribution in [1.82, 2.24) is 20.5 Å². The van der Waals surface area contributed by atoms with Gasteiger partial charge in [-0.15, -0.1) is 0 Å². The van der Waals surface area contributed by atoms with Gasteiger partial charge in [-0.1, -0.05) is 27.7 Å². The van der Waals surface area contributed by atoms with Crippen LogP contribution in [0.25, 0.3) is 10.9 Å². The molecule has 8 heteroatoms. The highest BCUT2D eigenvalue weighted by Crippen LogP contribution is 2.29. The monoisotopic (exact) mass is 446 g/mol. The Bertz CT molecular complexity index is 964. The molecule has 1 aromatic carbocycles. The SMILES string of the molecule is CC[C@H](NC)C(=O)N[C@H](C(=O)N1CCC(O)[C@@H]1Cc1c[nH]c2cc(F)ccc12)C(C)(C)C. The molecule has 1 saturated heterocycles. The van der Waals surface area contributed by atoms with Gasteiger partial charge in [-0.05, 0) is 55.5 Å². The predicted molar refractivity (Wildman–Crippen MR) is 123 cm³/mol. The van der Waals surface area contributed by atoms with E-state index >= 15 is 0 Å². The van der Waals surface area contributed by atoms with E-state index in [-0.39, 0.29) is 23.7 Å². The van der Waals surface area contributed by atoms with E-state index in [4.69, 9.17) is 0 Å². The van der Waals surface area contributed by atoms with Gasteiger partial charge in [0.15, 0.2) is 0 Å². The molecule has 4 atom stereocenters. The Morgan fingerprint density at radius 3 is 2.69 bits per heavy atom. The summed E-state index contributed by atoms with van der Waals surface area (Å²) in [7, 11) is 1.72. The fourth-order valence-electron chi connectivity index (χ4n) is 4.49. The number of hydrogen-bond acceptors (Lipinski definition) is 4. The third-order valence-corrected chi connectivity index (χ3v) is 6.42. The van der Waals surface area contributed by atoms with Gasteiger partial charge in [0.05, 0.1) is 18.2 Å². The maximum Gasteiger partial charge on any atom is 0.246 e. The molecule has 1 fully saturated rings. The minimum absolute atomic E-state index is 0.191. The van der Waals surface area contributed by atoms with Gasteiger partial charge < -0.3 is 25.6 Å². The summed E-state index contributed by atoms with van der Waals surface area (Å²) in [6.07, 6.45) is 2.67. The van der Waals surface area contributed by atoms with Gasteiger partial charge in [0.2, 0.25) is 11.8 Å². The van der Waals surface area contributed by atoms with Crippen molar-refractivity contribution in [2.45, 2.75) is 71.2 Å². The quantitative estimate of drug-likeness (QED) is 0.525. The van der Waals surface area contributed by atoms with Crippen LogP contribution in [0.2, 0.25) is 0 Å². The zero-order valence-electron chi connectivity index (χ0n) is 19.5. The number of aliphatic hydroxyl groups excluding tert-OH is 1. The Morgan fingerprint density at radius 1 is 1.34 bits per heavy atom. The predicted octanol–water partition coefficient (Wildman–Crippen LogP) is 2.34. The molecular formula is C24H35FN4O3. The van der Waals surface area contributed by atoms with Crippen molar-refractivity contribution in [2.75, 3.05) is 13.6 Å². The van der Waals surface area contributed by atoms with Crippen molar-refractivity contribution < 1.29 is 19.1 Å². The molecule has 1 unspecified atom stereocenters. The smallest absolute Gasteiger partial charge is 0.246 e. The molecule has 7 nitrogen and oxygen atoms in total. The molecule has 3 rings (SSSR count). The van der Waals surface area contributed by atoms with Crippen LogP contribution in [0.15, 0.2) is 24.4 Å². The van der Waals surface area contributed by atoms with E-state index in [0.717, 1.165) is 10.9 Å². The Morgan fingerprint density at radius 2 is 2.06 bits per heavy atom. The molecule has 0 spiro atoms. The van der Waals surface area contributed by atoms with Gasteiger partial charge in [0, 0.05) is 23.6 Å². The average Bonchev–Trinajstić information content (AvgIpc) is 3.29. The minimum atomic E-state index is -0.720. The van der Waals surface area contributed by atoms with Gasteiger partial charge in [-0.25, -0.2) is 4.39 Å². The van der Waals surface area contributed by atoms with Crippen molar-refractivity contribution in [3.8, 4) is 0 Å². The highest BCUT2D eigenvalue weighted by molar-refractivity contribution is 5.91. The summed E-state index contributed by atoms with van der Waals surface area (Å²) in [5.74, 6) is -0.721. The molecule has 1 aromatic heterocycles. The standard InChI is InChI=1S/C24H35FN4O3/c1-6-17(26-5)22(31)28-21(24(2,3)4)23(32)29-10-9-20(30)19(29)11-14-13-27-18-12-15(25)7-8-16(14)18/h7-8,12-13,17,19-21,26-27,30H,6,9-11H2,1-5H3,(H,28,31)/t17-,19-,20?,21+/m0/s1. The number of rotatable bonds is 7. The molecule has 0 bridgehead atoms. The Balaban J connectivity index is 1.84. The lowest BCUT2D eigenvalue weighted by Gasteiger charge is -2.36. The van der Waals surface area contributed by atoms with Gasteiger partial charge in [-0.3, -0.25) is 9.59 Å². The highest BCUT2D eigenvalue weighted by Gasteiger charge is 2.43. The Hall–Kier alpha value is -2.45. The fourth-order valence-corrected chi connectivity index (χ4v) is 4.49. The van der Waals surface area contributed by atoms with Crippen LogP contribution in [-0.4, -0.2) is 64.6 Å². The maximum atomic E-state index is 13.6. The number of likely N-dealkylation sites (N-methyl/N-ethyl adjacent to an activating group) is 1. The second-order valence-corrected chi connectivity index (χ2v) is 9.72. The molecule has 1 aliphatic rings. The number of carbonyl (C=O) groups excluding carboxylic acids is 2. The molecule has 2 amide bonds. The number of aromatic amines is 1. The number of likely N-dealkylation sites (tertiary alicyclic amines) is 1. The van der Waals surface area contributed by atoms with E-state index in [1.54, 1.807) is 24.2 Å². The van der Waals surface area contributed by atoms with Crippen molar-refractivity contribution >= 4 is 22.7 Å². The normalized spacial score (nSPS) is 21.0. The lowest BCUT2D eigenvalue weighted by atomic mass is 9.85. The third-order valence-electron chi connectivity index (χ3n) is 6.42. The summed E-state index contributed by atoms with van der Waals surface area (Å²) in [6.45, 7) is 8.10. The molecule has 0 saturated carbocycles. The number of hydrogen-bond donors (Lipinski definition) is 4. The average molecular weight is 447 g/mol. The van der Waals surface area contributed by atoms with Gasteiger partial charge in [-0.2, -0.15) is 0 Å². The van der Waals surface area contributed by atoms with Crippen LogP contribution < -0.4 is 10.6 Å². The number of benzene rings is 1. The van der Waals surface area contributed by atoms with E-state index in [1.807, 2.05) is 27.7 Å². The van der Waals surface area contributed by atoms with Crippen molar-refractivity contribution in [3.63, 3.8) is 0 Å². The first-order chi connectivity index (χ1) is 15.1. The summed E-state index contributed by atoms with van der Waals surface area (Å²) < 4.78 is 13.5. The lowest BCUT2D eigenvalue weighted by molar-refractivity contribution is -0.141. The Labute approximate surface area is 188 Å². The molecule has 1 aliphatic heterocycles. The summed E-state index contributed by atoms with van der Waals surface area (Å²) in [6, 6.07) is 3.04. The molecule has 2 aromatic rings. The van der Waals surface area contributed by atoms with Crippen LogP contribution in [0, 0.1) is 11.2 Å². The number of aromatic nitrogens is 1. The highest BCUT2D eigenvalue weighted by atomic mass is 19.1. The zero-order valence-corrected chi connectivity index (χ0v) is 19.5. The van der Waals surface area contributed by atoms with Crippen LogP contribution in [0.3, 0.4) is 0 Å². The minimum Gasteiger partial charge on any atom is -0.391 e. The maximum absolute atomic E-state index is 13.6. The summed E-state index contributed by atoms with van der Waals surface area (Å²) in [5, 5.41) is 17.5. The molecule has 0 aliphatic carbocycles. The van der Waals surface area contributed by atoms with Crippen molar-refractivity contribution in [1.29, 1.82) is 0 Å². The third kappa shape index (κ3) is 4.96. The topological polar surface area (TPSA) is 97.5 Å². The largest absolute Gasteiger partial charge is 0.391 e. The second kappa shape index (κ2) is 9.58. The Kier molecular flexibility index (Phi) is 7.25. The fraction of sp³-hybridized carbons (Fsp3) is 0.583. The number of halogens is 1. The van der Waals surface area contributed by atoms with E-state index in [0.29, 0.717) is 31.3 Å². The van der Waals surface area contributed by atoms with Crippen molar-refractivity contribution in [2.24, 2.45) is 5.41 Å². The number of nitrogens with zero attached hydrogens (tertiary/aromatic N) is 1. The molecule has 2 heterocycles. The molecule has 176 valence electrons. The molecule has 0 radical (unpaired) electrons. The first-order valence-corrected chi connectivity index (χ1v) is 11.3. The van der Waals surface area contributed by atoms with Gasteiger partial charge >= 0.3 is 0 Å². The van der Waals surface area contributed by atoms with Gasteiger partial charge in [0.25, 0.3) is 0 Å². The number of aliphatic hydroxyl groups is 1. The second-order valence-electron chi connectivity index (χ2n) is 9.72. The number of H-pyrrole nitrogens is 1. The van der Waals surface area contributed by atoms with Gasteiger partial charge in [0.1, 0.15) is 11.9 Å². The first-order valence-electron chi connectivity index (χ1n) is 11.3. The molecular weight excluding hydrogens is 411 g/mol. The number of fused-ring (bicyclic) bond motifs is 1. The van der Waals surface area contributed by atoms with E-state index in [9.17, 15) is 19.1 Å². The van der Waals surface area contributed by atoms with E-state index in [2.05, 4.69) is 15.6 Å². The van der Waals surface area contributed by atoms with Crippen LogP contribution in [0.1, 0.15) is 46.1 Å². The zero-order chi connectivity index (χ0) is 23.6. The number of amides is 2.